The quantitative estimate of drug-likeness (QED) is 0.673. The average Bonchev–Trinajstić information content (AvgIpc) is 2.34. The van der Waals surface area contributed by atoms with Crippen LogP contribution in [0.5, 0.6) is 0 Å². The Morgan fingerprint density at radius 1 is 1.64 bits per heavy atom. The Bertz CT molecular complexity index is 232. The van der Waals surface area contributed by atoms with E-state index in [4.69, 9.17) is 5.11 Å². The average molecular weight is 172 g/mol. The van der Waals surface area contributed by atoms with E-state index in [1.807, 2.05) is 0 Å². The normalized spacial score (nSPS) is 10.5. The highest BCUT2D eigenvalue weighted by Crippen LogP contribution is 2.09. The molecular weight excluding hydrogens is 158 g/mol. The Labute approximate surface area is 71.1 Å². The molecule has 0 aromatic carbocycles. The molecule has 3 heteroatoms. The number of aliphatic hydroxyl groups is 1. The minimum absolute atomic E-state index is 0.248. The molecule has 1 heterocycles. The molecule has 1 aromatic rings. The first-order valence-electron chi connectivity index (χ1n) is 3.86. The molecule has 11 heavy (non-hydrogen) atoms. The van der Waals surface area contributed by atoms with Crippen LogP contribution < -0.4 is 4.57 Å². The second-order valence-corrected chi connectivity index (χ2v) is 3.54. The van der Waals surface area contributed by atoms with Gasteiger partial charge in [0.15, 0.2) is 5.69 Å². The molecule has 0 atom stereocenters. The van der Waals surface area contributed by atoms with Gasteiger partial charge < -0.3 is 5.11 Å². The first-order valence-corrected chi connectivity index (χ1v) is 4.74. The monoisotopic (exact) mass is 172 g/mol. The van der Waals surface area contributed by atoms with Crippen LogP contribution in [0.1, 0.15) is 17.5 Å². The van der Waals surface area contributed by atoms with E-state index in [2.05, 4.69) is 23.9 Å². The van der Waals surface area contributed by atoms with Gasteiger partial charge in [0, 0.05) is 0 Å². The summed E-state index contributed by atoms with van der Waals surface area (Å²) < 4.78 is 2.19. The van der Waals surface area contributed by atoms with Gasteiger partial charge in [-0.25, -0.2) is 0 Å². The second-order valence-electron chi connectivity index (χ2n) is 2.49. The molecular formula is C8H14NOS+. The topological polar surface area (TPSA) is 24.1 Å². The summed E-state index contributed by atoms with van der Waals surface area (Å²) in [5.41, 5.74) is 3.39. The van der Waals surface area contributed by atoms with E-state index in [1.54, 1.807) is 11.3 Å². The fraction of sp³-hybridized carbons (Fsp3) is 0.625. The number of aryl methyl sites for hydroxylation is 2. The molecule has 0 aliphatic rings. The van der Waals surface area contributed by atoms with Gasteiger partial charge in [-0.3, -0.25) is 0 Å². The van der Waals surface area contributed by atoms with Crippen LogP contribution in [-0.4, -0.2) is 11.7 Å². The Morgan fingerprint density at radius 2 is 2.36 bits per heavy atom. The predicted octanol–water partition coefficient (Wildman–Crippen LogP) is 0.899. The van der Waals surface area contributed by atoms with Crippen LogP contribution in [0, 0.1) is 6.92 Å². The van der Waals surface area contributed by atoms with E-state index < -0.39 is 0 Å². The molecule has 2 nitrogen and oxygen atoms in total. The lowest BCUT2D eigenvalue weighted by atomic mass is 10.3. The third kappa shape index (κ3) is 1.79. The molecule has 0 aliphatic carbocycles. The van der Waals surface area contributed by atoms with Crippen LogP contribution in [0.15, 0.2) is 5.51 Å². The van der Waals surface area contributed by atoms with E-state index in [0.29, 0.717) is 0 Å². The highest BCUT2D eigenvalue weighted by Gasteiger charge is 2.13. The van der Waals surface area contributed by atoms with E-state index in [0.717, 1.165) is 13.0 Å². The number of nitrogens with zero attached hydrogens (tertiary/aromatic N) is 1. The predicted molar refractivity (Wildman–Crippen MR) is 45.7 cm³/mol. The van der Waals surface area contributed by atoms with Crippen molar-refractivity contribution in [3.63, 3.8) is 0 Å². The van der Waals surface area contributed by atoms with E-state index >= 15 is 0 Å². The third-order valence-corrected chi connectivity index (χ3v) is 2.75. The molecule has 0 amide bonds. The number of thiazole rings is 1. The van der Waals surface area contributed by atoms with Crippen molar-refractivity contribution in [1.29, 1.82) is 0 Å². The standard InChI is InChI=1S/C8H14NOS/c1-3-9-6-11-7(2)8(9)4-5-10/h6,10H,3-5H2,1-2H3/q+1. The van der Waals surface area contributed by atoms with Crippen molar-refractivity contribution < 1.29 is 9.67 Å². The Balaban J connectivity index is 2.88. The van der Waals surface area contributed by atoms with Crippen molar-refractivity contribution in [1.82, 2.24) is 0 Å². The summed E-state index contributed by atoms with van der Waals surface area (Å²) in [6.07, 6.45) is 0.781. The van der Waals surface area contributed by atoms with Gasteiger partial charge in [-0.05, 0) is 13.8 Å². The fourth-order valence-corrected chi connectivity index (χ4v) is 2.08. The molecule has 1 rings (SSSR count). The summed E-state index contributed by atoms with van der Waals surface area (Å²) in [4.78, 5) is 1.32. The largest absolute Gasteiger partial charge is 0.396 e. The first-order chi connectivity index (χ1) is 5.29. The van der Waals surface area contributed by atoms with Crippen molar-refractivity contribution in [3.05, 3.63) is 16.1 Å². The number of rotatable bonds is 3. The molecule has 0 saturated carbocycles. The Kier molecular flexibility index (Phi) is 3.02. The number of hydrogen-bond acceptors (Lipinski definition) is 2. The molecule has 0 spiro atoms. The number of aliphatic hydroxyl groups excluding tert-OH is 1. The summed E-state index contributed by atoms with van der Waals surface area (Å²) in [6.45, 7) is 5.46. The molecule has 62 valence electrons. The van der Waals surface area contributed by atoms with Gasteiger partial charge in [-0.15, -0.1) is 0 Å². The van der Waals surface area contributed by atoms with Crippen molar-refractivity contribution in [2.24, 2.45) is 0 Å². The van der Waals surface area contributed by atoms with Gasteiger partial charge in [0.2, 0.25) is 5.51 Å². The van der Waals surface area contributed by atoms with Crippen LogP contribution in [0.2, 0.25) is 0 Å². The van der Waals surface area contributed by atoms with E-state index in [9.17, 15) is 0 Å². The van der Waals surface area contributed by atoms with E-state index in [1.165, 1.54) is 10.6 Å². The van der Waals surface area contributed by atoms with Crippen molar-refractivity contribution in [2.75, 3.05) is 6.61 Å². The van der Waals surface area contributed by atoms with Crippen molar-refractivity contribution >= 4 is 11.3 Å². The third-order valence-electron chi connectivity index (χ3n) is 1.80. The van der Waals surface area contributed by atoms with Crippen molar-refractivity contribution in [3.8, 4) is 0 Å². The lowest BCUT2D eigenvalue weighted by Gasteiger charge is -1.93. The lowest BCUT2D eigenvalue weighted by Crippen LogP contribution is -2.34. The molecule has 0 saturated heterocycles. The molecule has 0 fully saturated rings. The smallest absolute Gasteiger partial charge is 0.225 e. The summed E-state index contributed by atoms with van der Waals surface area (Å²) in [6, 6.07) is 0. The van der Waals surface area contributed by atoms with E-state index in [-0.39, 0.29) is 6.61 Å². The van der Waals surface area contributed by atoms with Crippen LogP contribution in [-0.2, 0) is 13.0 Å². The zero-order chi connectivity index (χ0) is 8.27. The first kappa shape index (κ1) is 8.68. The molecule has 0 bridgehead atoms. The Hall–Kier alpha value is -0.410. The maximum Gasteiger partial charge on any atom is 0.225 e. The number of hydrogen-bond donors (Lipinski definition) is 1. The number of aromatic nitrogens is 1. The molecule has 0 aliphatic heterocycles. The van der Waals surface area contributed by atoms with Gasteiger partial charge in [-0.1, -0.05) is 11.3 Å². The minimum atomic E-state index is 0.248. The van der Waals surface area contributed by atoms with Gasteiger partial charge >= 0.3 is 0 Å². The second kappa shape index (κ2) is 3.83. The molecule has 0 unspecified atom stereocenters. The Morgan fingerprint density at radius 3 is 2.91 bits per heavy atom. The van der Waals surface area contributed by atoms with Crippen molar-refractivity contribution in [2.45, 2.75) is 26.8 Å². The van der Waals surface area contributed by atoms with Crippen LogP contribution >= 0.6 is 11.3 Å². The zero-order valence-electron chi connectivity index (χ0n) is 7.00. The van der Waals surface area contributed by atoms with Gasteiger partial charge in [0.25, 0.3) is 0 Å². The van der Waals surface area contributed by atoms with Gasteiger partial charge in [0.05, 0.1) is 17.9 Å². The van der Waals surface area contributed by atoms with Gasteiger partial charge in [0.1, 0.15) is 6.54 Å². The summed E-state index contributed by atoms with van der Waals surface area (Å²) >= 11 is 1.75. The maximum atomic E-state index is 8.77. The SMILES string of the molecule is CC[n+]1csc(C)c1CCO. The maximum absolute atomic E-state index is 8.77. The van der Waals surface area contributed by atoms with Gasteiger partial charge in [-0.2, -0.15) is 4.57 Å². The molecule has 1 N–H and O–H groups in total. The lowest BCUT2D eigenvalue weighted by molar-refractivity contribution is -0.696. The highest BCUT2D eigenvalue weighted by molar-refractivity contribution is 7.09. The van der Waals surface area contributed by atoms with Crippen LogP contribution in [0.3, 0.4) is 0 Å². The fourth-order valence-electron chi connectivity index (χ4n) is 1.17. The molecule has 0 radical (unpaired) electrons. The summed E-state index contributed by atoms with van der Waals surface area (Å²) in [7, 11) is 0. The summed E-state index contributed by atoms with van der Waals surface area (Å²) in [5, 5.41) is 8.77. The van der Waals surface area contributed by atoms with Crippen LogP contribution in [0.4, 0.5) is 0 Å². The minimum Gasteiger partial charge on any atom is -0.396 e. The highest BCUT2D eigenvalue weighted by atomic mass is 32.1. The summed E-state index contributed by atoms with van der Waals surface area (Å²) in [5.74, 6) is 0. The zero-order valence-corrected chi connectivity index (χ0v) is 7.82. The molecule has 1 aromatic heterocycles. The van der Waals surface area contributed by atoms with Crippen LogP contribution in [0.25, 0.3) is 0 Å².